The van der Waals surface area contributed by atoms with E-state index in [9.17, 15) is 9.59 Å². The molecule has 1 aliphatic heterocycles. The van der Waals surface area contributed by atoms with Crippen molar-refractivity contribution in [1.29, 1.82) is 0 Å². The van der Waals surface area contributed by atoms with Crippen molar-refractivity contribution in [3.63, 3.8) is 0 Å². The molecule has 4 rings (SSSR count). The smallest absolute Gasteiger partial charge is 0.265 e. The number of carbonyl (C=O) groups is 2. The van der Waals surface area contributed by atoms with Crippen LogP contribution in [0.1, 0.15) is 12.0 Å². The summed E-state index contributed by atoms with van der Waals surface area (Å²) in [5.74, 6) is 1.01. The second-order valence-corrected chi connectivity index (χ2v) is 7.70. The molecule has 0 unspecified atom stereocenters. The standard InChI is InChI=1S/C22H21N3O4S/c1-14-7-8-18(28-2)15(11-14)16-13-30-22(23-16)24-20(26)9-10-25-17-5-3-4-6-19(17)29-12-21(25)27/h3-8,11,13H,9-10,12H2,1-2H3,(H,23,24,26). The Morgan fingerprint density at radius 1 is 1.30 bits per heavy atom. The van der Waals surface area contributed by atoms with Crippen LogP contribution in [0.5, 0.6) is 11.5 Å². The Labute approximate surface area is 178 Å². The molecule has 0 atom stereocenters. The predicted octanol–water partition coefficient (Wildman–Crippen LogP) is 3.88. The van der Waals surface area contributed by atoms with Gasteiger partial charge >= 0.3 is 0 Å². The van der Waals surface area contributed by atoms with Crippen molar-refractivity contribution >= 4 is 34.0 Å². The van der Waals surface area contributed by atoms with Crippen LogP contribution in [0.15, 0.2) is 47.8 Å². The Balaban J connectivity index is 1.41. The van der Waals surface area contributed by atoms with Gasteiger partial charge in [0.25, 0.3) is 5.91 Å². The summed E-state index contributed by atoms with van der Waals surface area (Å²) < 4.78 is 10.8. The number of benzene rings is 2. The Bertz CT molecular complexity index is 1100. The highest BCUT2D eigenvalue weighted by Gasteiger charge is 2.25. The van der Waals surface area contributed by atoms with E-state index in [1.165, 1.54) is 11.3 Å². The number of rotatable bonds is 6. The van der Waals surface area contributed by atoms with Crippen LogP contribution in [0.4, 0.5) is 10.8 Å². The molecule has 0 saturated heterocycles. The number of hydrogen-bond donors (Lipinski definition) is 1. The lowest BCUT2D eigenvalue weighted by atomic mass is 10.1. The minimum Gasteiger partial charge on any atom is -0.496 e. The monoisotopic (exact) mass is 423 g/mol. The van der Waals surface area contributed by atoms with E-state index in [1.807, 2.05) is 54.8 Å². The summed E-state index contributed by atoms with van der Waals surface area (Å²) in [7, 11) is 1.62. The van der Waals surface area contributed by atoms with E-state index in [2.05, 4.69) is 10.3 Å². The third-order valence-corrected chi connectivity index (χ3v) is 5.51. The molecule has 2 heterocycles. The second-order valence-electron chi connectivity index (χ2n) is 6.84. The van der Waals surface area contributed by atoms with Gasteiger partial charge in [0.2, 0.25) is 5.91 Å². The Hall–Kier alpha value is -3.39. The van der Waals surface area contributed by atoms with Crippen molar-refractivity contribution in [2.45, 2.75) is 13.3 Å². The number of aromatic nitrogens is 1. The minimum absolute atomic E-state index is 0.0210. The first kappa shape index (κ1) is 19.9. The Morgan fingerprint density at radius 3 is 2.97 bits per heavy atom. The van der Waals surface area contributed by atoms with Crippen molar-refractivity contribution in [1.82, 2.24) is 4.98 Å². The molecule has 154 valence electrons. The van der Waals surface area contributed by atoms with Gasteiger partial charge < -0.3 is 19.7 Å². The lowest BCUT2D eigenvalue weighted by Crippen LogP contribution is -2.40. The molecule has 2 aromatic carbocycles. The molecule has 1 aliphatic rings. The topological polar surface area (TPSA) is 80.8 Å². The second kappa shape index (κ2) is 8.54. The van der Waals surface area contributed by atoms with E-state index in [1.54, 1.807) is 12.0 Å². The van der Waals surface area contributed by atoms with E-state index in [-0.39, 0.29) is 31.4 Å². The van der Waals surface area contributed by atoms with Crippen LogP contribution in [0.3, 0.4) is 0 Å². The number of methoxy groups -OCH3 is 1. The zero-order valence-electron chi connectivity index (χ0n) is 16.7. The maximum absolute atomic E-state index is 12.5. The van der Waals surface area contributed by atoms with Gasteiger partial charge in [0, 0.05) is 23.9 Å². The van der Waals surface area contributed by atoms with E-state index < -0.39 is 0 Å². The summed E-state index contributed by atoms with van der Waals surface area (Å²) in [5.41, 5.74) is 3.40. The largest absolute Gasteiger partial charge is 0.496 e. The van der Waals surface area contributed by atoms with Crippen molar-refractivity contribution < 1.29 is 19.1 Å². The number of aryl methyl sites for hydroxylation is 1. The van der Waals surface area contributed by atoms with Crippen LogP contribution >= 0.6 is 11.3 Å². The first-order valence-corrected chi connectivity index (χ1v) is 10.4. The van der Waals surface area contributed by atoms with Gasteiger partial charge in [-0.15, -0.1) is 11.3 Å². The van der Waals surface area contributed by atoms with Gasteiger partial charge in [0.1, 0.15) is 11.5 Å². The summed E-state index contributed by atoms with van der Waals surface area (Å²) in [4.78, 5) is 30.8. The van der Waals surface area contributed by atoms with Gasteiger partial charge in [-0.3, -0.25) is 9.59 Å². The van der Waals surface area contributed by atoms with Gasteiger partial charge in [0.05, 0.1) is 18.5 Å². The molecule has 0 saturated carbocycles. The highest BCUT2D eigenvalue weighted by molar-refractivity contribution is 7.14. The number of nitrogens with one attached hydrogen (secondary N) is 1. The summed E-state index contributed by atoms with van der Waals surface area (Å²) >= 11 is 1.35. The molecule has 8 heteroatoms. The number of para-hydroxylation sites is 2. The third kappa shape index (κ3) is 4.13. The fourth-order valence-corrected chi connectivity index (χ4v) is 4.00. The van der Waals surface area contributed by atoms with Crippen molar-refractivity contribution in [2.24, 2.45) is 0 Å². The first-order valence-electron chi connectivity index (χ1n) is 9.48. The van der Waals surface area contributed by atoms with Crippen LogP contribution in [-0.4, -0.2) is 37.1 Å². The molecule has 0 fully saturated rings. The Kier molecular flexibility index (Phi) is 5.67. The fraction of sp³-hybridized carbons (Fsp3) is 0.227. The summed E-state index contributed by atoms with van der Waals surface area (Å²) in [6, 6.07) is 13.2. The normalized spacial score (nSPS) is 12.9. The average molecular weight is 423 g/mol. The van der Waals surface area contributed by atoms with Crippen molar-refractivity contribution in [3.8, 4) is 22.8 Å². The molecule has 0 bridgehead atoms. The lowest BCUT2D eigenvalue weighted by Gasteiger charge is -2.29. The highest BCUT2D eigenvalue weighted by atomic mass is 32.1. The average Bonchev–Trinajstić information content (AvgIpc) is 3.21. The number of anilines is 2. The molecule has 1 N–H and O–H groups in total. The molecule has 7 nitrogen and oxygen atoms in total. The molecular weight excluding hydrogens is 402 g/mol. The third-order valence-electron chi connectivity index (χ3n) is 4.75. The number of carbonyl (C=O) groups excluding carboxylic acids is 2. The summed E-state index contributed by atoms with van der Waals surface area (Å²) in [5, 5.41) is 5.21. The van der Waals surface area contributed by atoms with Crippen LogP contribution in [0, 0.1) is 6.92 Å². The molecule has 0 aliphatic carbocycles. The predicted molar refractivity (Wildman–Crippen MR) is 116 cm³/mol. The number of amides is 2. The molecule has 3 aromatic rings. The summed E-state index contributed by atoms with van der Waals surface area (Å²) in [6.07, 6.45) is 0.156. The maximum atomic E-state index is 12.5. The molecule has 1 aromatic heterocycles. The summed E-state index contributed by atoms with van der Waals surface area (Å²) in [6.45, 7) is 2.25. The van der Waals surface area contributed by atoms with E-state index in [4.69, 9.17) is 9.47 Å². The molecular formula is C22H21N3O4S. The van der Waals surface area contributed by atoms with E-state index in [0.29, 0.717) is 16.6 Å². The van der Waals surface area contributed by atoms with Crippen LogP contribution in [-0.2, 0) is 9.59 Å². The maximum Gasteiger partial charge on any atom is 0.265 e. The van der Waals surface area contributed by atoms with E-state index in [0.717, 1.165) is 22.6 Å². The van der Waals surface area contributed by atoms with Crippen LogP contribution in [0.2, 0.25) is 0 Å². The first-order chi connectivity index (χ1) is 14.5. The van der Waals surface area contributed by atoms with Gasteiger partial charge in [-0.05, 0) is 31.2 Å². The van der Waals surface area contributed by atoms with Gasteiger partial charge in [-0.25, -0.2) is 4.98 Å². The lowest BCUT2D eigenvalue weighted by molar-refractivity contribution is -0.121. The zero-order chi connectivity index (χ0) is 21.1. The molecule has 30 heavy (non-hydrogen) atoms. The van der Waals surface area contributed by atoms with E-state index >= 15 is 0 Å². The van der Waals surface area contributed by atoms with Crippen molar-refractivity contribution in [2.75, 3.05) is 30.5 Å². The highest BCUT2D eigenvalue weighted by Crippen LogP contribution is 2.33. The van der Waals surface area contributed by atoms with Gasteiger partial charge in [0.15, 0.2) is 11.7 Å². The van der Waals surface area contributed by atoms with Crippen molar-refractivity contribution in [3.05, 3.63) is 53.4 Å². The number of thiazole rings is 1. The molecule has 0 spiro atoms. The SMILES string of the molecule is COc1ccc(C)cc1-c1csc(NC(=O)CCN2C(=O)COc3ccccc32)n1. The van der Waals surface area contributed by atoms with Gasteiger partial charge in [-0.1, -0.05) is 23.8 Å². The number of nitrogens with zero attached hydrogens (tertiary/aromatic N) is 2. The molecule has 0 radical (unpaired) electrons. The number of fused-ring (bicyclic) bond motifs is 1. The minimum atomic E-state index is -0.205. The van der Waals surface area contributed by atoms with Crippen LogP contribution in [0.25, 0.3) is 11.3 Å². The Morgan fingerprint density at radius 2 is 2.13 bits per heavy atom. The quantitative estimate of drug-likeness (QED) is 0.651. The van der Waals surface area contributed by atoms with Crippen LogP contribution < -0.4 is 19.7 Å². The zero-order valence-corrected chi connectivity index (χ0v) is 17.5. The van der Waals surface area contributed by atoms with Gasteiger partial charge in [-0.2, -0.15) is 0 Å². The fourth-order valence-electron chi connectivity index (χ4n) is 3.27. The number of ether oxygens (including phenoxy) is 2. The number of hydrogen-bond acceptors (Lipinski definition) is 6. The molecule has 2 amide bonds.